The first-order valence-electron chi connectivity index (χ1n) is 8.44. The fourth-order valence-corrected chi connectivity index (χ4v) is 3.51. The van der Waals surface area contributed by atoms with Crippen LogP contribution in [0.15, 0.2) is 83.1 Å². The number of hydrazone groups is 1. The van der Waals surface area contributed by atoms with Crippen LogP contribution in [-0.4, -0.2) is 24.0 Å². The van der Waals surface area contributed by atoms with Crippen LogP contribution in [-0.2, 0) is 10.0 Å². The minimum absolute atomic E-state index is 0.0666. The number of anilines is 2. The van der Waals surface area contributed by atoms with E-state index in [9.17, 15) is 18.5 Å². The molecule has 0 saturated heterocycles. The van der Waals surface area contributed by atoms with Crippen LogP contribution in [0.4, 0.5) is 17.1 Å². The first-order valence-corrected chi connectivity index (χ1v) is 9.92. The number of para-hydroxylation sites is 1. The summed E-state index contributed by atoms with van der Waals surface area (Å²) in [6.45, 7) is 1.72. The van der Waals surface area contributed by atoms with E-state index in [2.05, 4.69) is 20.2 Å². The van der Waals surface area contributed by atoms with Crippen molar-refractivity contribution in [3.05, 3.63) is 88.7 Å². The van der Waals surface area contributed by atoms with Crippen molar-refractivity contribution in [3.63, 3.8) is 0 Å². The Morgan fingerprint density at radius 1 is 1.10 bits per heavy atom. The highest BCUT2D eigenvalue weighted by Gasteiger charge is 2.21. The Kier molecular flexibility index (Phi) is 5.84. The summed E-state index contributed by atoms with van der Waals surface area (Å²) in [6.07, 6.45) is 3.23. The van der Waals surface area contributed by atoms with Crippen LogP contribution in [0.3, 0.4) is 0 Å². The predicted molar refractivity (Wildman–Crippen MR) is 110 cm³/mol. The van der Waals surface area contributed by atoms with Gasteiger partial charge in [0.05, 0.1) is 15.5 Å². The Bertz CT molecular complexity index is 1150. The number of pyridine rings is 1. The van der Waals surface area contributed by atoms with E-state index < -0.39 is 20.6 Å². The SMILES string of the molecule is C/C(=N\Nc1ccc(S(=O)(=O)Nc2ccccc2)cc1[N+](=O)[O-])c1cccnc1. The van der Waals surface area contributed by atoms with Crippen LogP contribution in [0.25, 0.3) is 0 Å². The van der Waals surface area contributed by atoms with Gasteiger partial charge in [-0.1, -0.05) is 24.3 Å². The molecule has 3 rings (SSSR count). The van der Waals surface area contributed by atoms with Crippen molar-refractivity contribution < 1.29 is 13.3 Å². The topological polar surface area (TPSA) is 127 Å². The van der Waals surface area contributed by atoms with Gasteiger partial charge in [-0.25, -0.2) is 8.42 Å². The molecule has 2 aromatic carbocycles. The highest BCUT2D eigenvalue weighted by molar-refractivity contribution is 7.92. The summed E-state index contributed by atoms with van der Waals surface area (Å²) >= 11 is 0. The van der Waals surface area contributed by atoms with E-state index in [4.69, 9.17) is 0 Å². The van der Waals surface area contributed by atoms with E-state index in [1.165, 1.54) is 12.1 Å². The van der Waals surface area contributed by atoms with E-state index in [0.29, 0.717) is 11.4 Å². The van der Waals surface area contributed by atoms with Gasteiger partial charge in [-0.3, -0.25) is 25.2 Å². The van der Waals surface area contributed by atoms with Gasteiger partial charge in [-0.15, -0.1) is 0 Å². The number of benzene rings is 2. The number of hydrogen-bond donors (Lipinski definition) is 2. The van der Waals surface area contributed by atoms with Crippen LogP contribution in [0, 0.1) is 10.1 Å². The van der Waals surface area contributed by atoms with Gasteiger partial charge >= 0.3 is 0 Å². The third-order valence-corrected chi connectivity index (χ3v) is 5.30. The van der Waals surface area contributed by atoms with Crippen molar-refractivity contribution in [1.29, 1.82) is 0 Å². The van der Waals surface area contributed by atoms with Gasteiger partial charge in [-0.05, 0) is 37.3 Å². The molecule has 0 bridgehead atoms. The number of nitro benzene ring substituents is 1. The minimum Gasteiger partial charge on any atom is -0.280 e. The summed E-state index contributed by atoms with van der Waals surface area (Å²) in [7, 11) is -3.99. The number of rotatable bonds is 7. The lowest BCUT2D eigenvalue weighted by Crippen LogP contribution is -2.13. The maximum atomic E-state index is 12.6. The fourth-order valence-electron chi connectivity index (χ4n) is 2.43. The van der Waals surface area contributed by atoms with Crippen LogP contribution < -0.4 is 10.1 Å². The van der Waals surface area contributed by atoms with Crippen molar-refractivity contribution in [3.8, 4) is 0 Å². The average molecular weight is 411 g/mol. The largest absolute Gasteiger partial charge is 0.295 e. The Hall–Kier alpha value is -3.79. The molecule has 0 unspecified atom stereocenters. The molecule has 0 amide bonds. The molecule has 3 aromatic rings. The van der Waals surface area contributed by atoms with Crippen LogP contribution in [0.2, 0.25) is 0 Å². The Labute approximate surface area is 167 Å². The van der Waals surface area contributed by atoms with Gasteiger partial charge < -0.3 is 0 Å². The number of hydrogen-bond acceptors (Lipinski definition) is 7. The molecule has 29 heavy (non-hydrogen) atoms. The monoisotopic (exact) mass is 411 g/mol. The van der Waals surface area contributed by atoms with Crippen molar-refractivity contribution in [1.82, 2.24) is 4.98 Å². The lowest BCUT2D eigenvalue weighted by atomic mass is 10.2. The van der Waals surface area contributed by atoms with E-state index in [1.54, 1.807) is 61.8 Å². The van der Waals surface area contributed by atoms with E-state index in [0.717, 1.165) is 11.6 Å². The summed E-state index contributed by atoms with van der Waals surface area (Å²) in [5, 5.41) is 15.6. The molecule has 0 spiro atoms. The summed E-state index contributed by atoms with van der Waals surface area (Å²) in [4.78, 5) is 14.6. The van der Waals surface area contributed by atoms with Crippen molar-refractivity contribution in [2.45, 2.75) is 11.8 Å². The standard InChI is InChI=1S/C19H17N5O4S/c1-14(15-6-5-11-20-13-15)21-22-18-10-9-17(12-19(18)24(25)26)29(27,28)23-16-7-3-2-4-8-16/h2-13,22-23H,1H3/b21-14+. The molecule has 0 aliphatic heterocycles. The first kappa shape index (κ1) is 20.0. The normalized spacial score (nSPS) is 11.7. The maximum Gasteiger partial charge on any atom is 0.295 e. The number of aromatic nitrogens is 1. The molecular weight excluding hydrogens is 394 g/mol. The highest BCUT2D eigenvalue weighted by Crippen LogP contribution is 2.28. The molecule has 0 fully saturated rings. The lowest BCUT2D eigenvalue weighted by Gasteiger charge is -2.09. The zero-order valence-electron chi connectivity index (χ0n) is 15.3. The Balaban J connectivity index is 1.88. The number of nitrogens with one attached hydrogen (secondary N) is 2. The lowest BCUT2D eigenvalue weighted by molar-refractivity contribution is -0.384. The molecule has 0 aliphatic rings. The van der Waals surface area contributed by atoms with Gasteiger partial charge in [0, 0.05) is 29.7 Å². The zero-order valence-corrected chi connectivity index (χ0v) is 16.1. The zero-order chi connectivity index (χ0) is 20.9. The molecule has 0 atom stereocenters. The summed E-state index contributed by atoms with van der Waals surface area (Å²) in [6, 6.07) is 15.4. The molecule has 1 heterocycles. The second-order valence-electron chi connectivity index (χ2n) is 5.96. The molecule has 1 aromatic heterocycles. The van der Waals surface area contributed by atoms with Gasteiger partial charge in [0.25, 0.3) is 15.7 Å². The smallest absolute Gasteiger partial charge is 0.280 e. The summed E-state index contributed by atoms with van der Waals surface area (Å²) < 4.78 is 27.5. The van der Waals surface area contributed by atoms with E-state index >= 15 is 0 Å². The van der Waals surface area contributed by atoms with Crippen LogP contribution in [0.1, 0.15) is 12.5 Å². The summed E-state index contributed by atoms with van der Waals surface area (Å²) in [5.41, 5.74) is 3.94. The number of sulfonamides is 1. The van der Waals surface area contributed by atoms with Gasteiger partial charge in [0.15, 0.2) is 0 Å². The number of nitro groups is 1. The molecule has 0 saturated carbocycles. The molecule has 9 nitrogen and oxygen atoms in total. The van der Waals surface area contributed by atoms with Crippen molar-refractivity contribution >= 4 is 32.8 Å². The van der Waals surface area contributed by atoms with Crippen molar-refractivity contribution in [2.24, 2.45) is 5.10 Å². The van der Waals surface area contributed by atoms with Crippen LogP contribution >= 0.6 is 0 Å². The average Bonchev–Trinajstić information content (AvgIpc) is 2.72. The molecule has 10 heteroatoms. The molecule has 2 N–H and O–H groups in total. The quantitative estimate of drug-likeness (QED) is 0.347. The van der Waals surface area contributed by atoms with Crippen molar-refractivity contribution in [2.75, 3.05) is 10.1 Å². The second kappa shape index (κ2) is 8.48. The number of nitrogens with zero attached hydrogens (tertiary/aromatic N) is 3. The molecule has 148 valence electrons. The first-order chi connectivity index (χ1) is 13.9. The molecule has 0 aliphatic carbocycles. The van der Waals surface area contributed by atoms with Gasteiger partial charge in [-0.2, -0.15) is 5.10 Å². The second-order valence-corrected chi connectivity index (χ2v) is 7.64. The molecule has 0 radical (unpaired) electrons. The Morgan fingerprint density at radius 3 is 2.52 bits per heavy atom. The van der Waals surface area contributed by atoms with Gasteiger partial charge in [0.2, 0.25) is 0 Å². The van der Waals surface area contributed by atoms with E-state index in [-0.39, 0.29) is 10.6 Å². The third kappa shape index (κ3) is 4.93. The fraction of sp³-hybridized carbons (Fsp3) is 0.0526. The van der Waals surface area contributed by atoms with Gasteiger partial charge in [0.1, 0.15) is 5.69 Å². The minimum atomic E-state index is -3.99. The predicted octanol–water partition coefficient (Wildman–Crippen LogP) is 3.63. The maximum absolute atomic E-state index is 12.6. The third-order valence-electron chi connectivity index (χ3n) is 3.93. The highest BCUT2D eigenvalue weighted by atomic mass is 32.2. The molecular formula is C19H17N5O4S. The Morgan fingerprint density at radius 2 is 1.86 bits per heavy atom. The summed E-state index contributed by atoms with van der Waals surface area (Å²) in [5.74, 6) is 0. The van der Waals surface area contributed by atoms with Crippen LogP contribution in [0.5, 0.6) is 0 Å². The van der Waals surface area contributed by atoms with E-state index in [1.807, 2.05) is 0 Å².